The molecule has 2 rings (SSSR count). The molecule has 1 aromatic rings. The lowest BCUT2D eigenvalue weighted by Crippen LogP contribution is -2.62. The Morgan fingerprint density at radius 1 is 1.38 bits per heavy atom. The molecule has 0 spiro atoms. The summed E-state index contributed by atoms with van der Waals surface area (Å²) in [6, 6.07) is 4.31. The number of rotatable bonds is 8. The van der Waals surface area contributed by atoms with Crippen LogP contribution in [0.25, 0.3) is 0 Å². The summed E-state index contributed by atoms with van der Waals surface area (Å²) >= 11 is 0. The number of nitrogens with one attached hydrogen (secondary N) is 1. The fourth-order valence-electron chi connectivity index (χ4n) is 2.91. The minimum absolute atomic E-state index is 0.0292. The van der Waals surface area contributed by atoms with E-state index in [1.165, 1.54) is 30.2 Å². The number of methoxy groups -OCH3 is 1. The first kappa shape index (κ1) is 20.6. The lowest BCUT2D eigenvalue weighted by molar-refractivity contribution is -0.158. The maximum absolute atomic E-state index is 14.1. The maximum atomic E-state index is 14.1. The lowest BCUT2D eigenvalue weighted by atomic mass is 9.90. The number of amides is 1. The van der Waals surface area contributed by atoms with Crippen molar-refractivity contribution in [2.75, 3.05) is 33.4 Å². The third kappa shape index (κ3) is 4.50. The molecule has 1 fully saturated rings. The zero-order valence-corrected chi connectivity index (χ0v) is 15.2. The molecule has 1 saturated heterocycles. The third-order valence-electron chi connectivity index (χ3n) is 4.82. The first-order valence-corrected chi connectivity index (χ1v) is 8.58. The van der Waals surface area contributed by atoms with Gasteiger partial charge in [0.2, 0.25) is 0 Å². The van der Waals surface area contributed by atoms with Crippen LogP contribution in [0.1, 0.15) is 25.3 Å². The van der Waals surface area contributed by atoms with Crippen molar-refractivity contribution < 1.29 is 29.2 Å². The fourth-order valence-corrected chi connectivity index (χ4v) is 2.91. The number of benzene rings is 1. The molecule has 1 atom stereocenters. The van der Waals surface area contributed by atoms with E-state index in [9.17, 15) is 24.5 Å². The molecule has 146 valence electrons. The molecular weight excluding hydrogens is 343 g/mol. The summed E-state index contributed by atoms with van der Waals surface area (Å²) < 4.78 is 19.1. The van der Waals surface area contributed by atoms with E-state index in [0.717, 1.165) is 0 Å². The zero-order chi connectivity index (χ0) is 19.4. The SMILES string of the molecule is COc1ccc(F)c(CN2CCC[C@](O)(CNC(C)(CO)CO)C2=O)c1. The molecule has 0 saturated carbocycles. The molecule has 0 bridgehead atoms. The topological polar surface area (TPSA) is 102 Å². The van der Waals surface area contributed by atoms with Gasteiger partial charge in [-0.25, -0.2) is 4.39 Å². The standard InChI is InChI=1S/C18H27FN2O5/c1-17(11-22,12-23)20-10-18(25)6-3-7-21(16(18)24)9-13-8-14(26-2)4-5-15(13)19/h4-5,8,20,22-23,25H,3,6-7,9-12H2,1-2H3/t18-/m0/s1. The Kier molecular flexibility index (Phi) is 6.57. The number of carbonyl (C=O) groups is 1. The zero-order valence-electron chi connectivity index (χ0n) is 15.2. The highest BCUT2D eigenvalue weighted by Crippen LogP contribution is 2.26. The van der Waals surface area contributed by atoms with Crippen molar-refractivity contribution in [3.8, 4) is 5.75 Å². The molecule has 0 unspecified atom stereocenters. The van der Waals surface area contributed by atoms with Gasteiger partial charge in [0.05, 0.1) is 25.9 Å². The van der Waals surface area contributed by atoms with Gasteiger partial charge in [-0.05, 0) is 38.0 Å². The molecule has 1 aliphatic heterocycles. The van der Waals surface area contributed by atoms with Crippen LogP contribution in [-0.2, 0) is 11.3 Å². The number of aliphatic hydroxyl groups excluding tert-OH is 2. The molecule has 0 radical (unpaired) electrons. The van der Waals surface area contributed by atoms with Gasteiger partial charge < -0.3 is 30.3 Å². The van der Waals surface area contributed by atoms with Crippen LogP contribution in [-0.4, -0.2) is 70.7 Å². The van der Waals surface area contributed by atoms with Crippen LogP contribution in [0, 0.1) is 5.82 Å². The highest BCUT2D eigenvalue weighted by molar-refractivity contribution is 5.86. The molecule has 1 heterocycles. The second-order valence-electron chi connectivity index (χ2n) is 7.05. The highest BCUT2D eigenvalue weighted by Gasteiger charge is 2.43. The molecule has 1 aliphatic rings. The van der Waals surface area contributed by atoms with E-state index in [2.05, 4.69) is 5.32 Å². The summed E-state index contributed by atoms with van der Waals surface area (Å²) in [7, 11) is 1.48. The number of likely N-dealkylation sites (tertiary alicyclic amines) is 1. The highest BCUT2D eigenvalue weighted by atomic mass is 19.1. The molecule has 1 amide bonds. The van der Waals surface area contributed by atoms with E-state index < -0.39 is 22.9 Å². The molecule has 26 heavy (non-hydrogen) atoms. The molecule has 0 aromatic heterocycles. The average molecular weight is 370 g/mol. The summed E-state index contributed by atoms with van der Waals surface area (Å²) in [5.41, 5.74) is -2.36. The quantitative estimate of drug-likeness (QED) is 0.515. The number of hydrogen-bond acceptors (Lipinski definition) is 6. The second kappa shape index (κ2) is 8.30. The van der Waals surface area contributed by atoms with E-state index in [1.807, 2.05) is 0 Å². The monoisotopic (exact) mass is 370 g/mol. The summed E-state index contributed by atoms with van der Waals surface area (Å²) in [6.07, 6.45) is 0.813. The number of aliphatic hydroxyl groups is 3. The number of hydrogen-bond donors (Lipinski definition) is 4. The first-order valence-electron chi connectivity index (χ1n) is 8.58. The van der Waals surface area contributed by atoms with Crippen LogP contribution in [0.2, 0.25) is 0 Å². The van der Waals surface area contributed by atoms with E-state index in [1.54, 1.807) is 6.92 Å². The Morgan fingerprint density at radius 3 is 2.69 bits per heavy atom. The second-order valence-corrected chi connectivity index (χ2v) is 7.05. The number of nitrogens with zero attached hydrogens (tertiary/aromatic N) is 1. The van der Waals surface area contributed by atoms with Crippen LogP contribution < -0.4 is 10.1 Å². The van der Waals surface area contributed by atoms with Crippen LogP contribution in [0.4, 0.5) is 4.39 Å². The van der Waals surface area contributed by atoms with Crippen molar-refractivity contribution in [1.29, 1.82) is 0 Å². The predicted octanol–water partition coefficient (Wildman–Crippen LogP) is 0.0207. The molecule has 0 aliphatic carbocycles. The van der Waals surface area contributed by atoms with Gasteiger partial charge in [0.15, 0.2) is 5.60 Å². The minimum Gasteiger partial charge on any atom is -0.497 e. The molecule has 8 heteroatoms. The van der Waals surface area contributed by atoms with Gasteiger partial charge in [0, 0.05) is 25.2 Å². The minimum atomic E-state index is -1.67. The van der Waals surface area contributed by atoms with Crippen molar-refractivity contribution >= 4 is 5.91 Å². The number of halogens is 1. The largest absolute Gasteiger partial charge is 0.497 e. The lowest BCUT2D eigenvalue weighted by Gasteiger charge is -2.40. The molecule has 4 N–H and O–H groups in total. The van der Waals surface area contributed by atoms with Gasteiger partial charge in [-0.1, -0.05) is 0 Å². The number of ether oxygens (including phenoxy) is 1. The van der Waals surface area contributed by atoms with Crippen LogP contribution in [0.3, 0.4) is 0 Å². The van der Waals surface area contributed by atoms with Crippen molar-refractivity contribution in [2.45, 2.75) is 37.5 Å². The Balaban J connectivity index is 2.11. The Labute approximate surface area is 152 Å². The predicted molar refractivity (Wildman–Crippen MR) is 93.1 cm³/mol. The van der Waals surface area contributed by atoms with Gasteiger partial charge in [0.25, 0.3) is 5.91 Å². The van der Waals surface area contributed by atoms with E-state index in [4.69, 9.17) is 4.74 Å². The summed E-state index contributed by atoms with van der Waals surface area (Å²) in [6.45, 7) is 1.24. The maximum Gasteiger partial charge on any atom is 0.256 e. The average Bonchev–Trinajstić information content (AvgIpc) is 2.65. The van der Waals surface area contributed by atoms with Gasteiger partial charge in [-0.15, -0.1) is 0 Å². The summed E-state index contributed by atoms with van der Waals surface area (Å²) in [4.78, 5) is 14.2. The number of piperidine rings is 1. The van der Waals surface area contributed by atoms with Gasteiger partial charge in [0.1, 0.15) is 11.6 Å². The summed E-state index contributed by atoms with van der Waals surface area (Å²) in [5.74, 6) is -0.458. The van der Waals surface area contributed by atoms with Crippen LogP contribution in [0.15, 0.2) is 18.2 Å². The van der Waals surface area contributed by atoms with E-state index in [-0.39, 0.29) is 32.7 Å². The Bertz CT molecular complexity index is 638. The van der Waals surface area contributed by atoms with Crippen molar-refractivity contribution in [1.82, 2.24) is 10.2 Å². The molecular formula is C18H27FN2O5. The number of β-amino-alcohol motifs (C(OH)–C–C–N with tert-alkyl or cyclic N) is 1. The van der Waals surface area contributed by atoms with Gasteiger partial charge >= 0.3 is 0 Å². The van der Waals surface area contributed by atoms with E-state index in [0.29, 0.717) is 24.3 Å². The number of carbonyl (C=O) groups excluding carboxylic acids is 1. The van der Waals surface area contributed by atoms with Gasteiger partial charge in [-0.2, -0.15) is 0 Å². The summed E-state index contributed by atoms with van der Waals surface area (Å²) in [5, 5.41) is 32.3. The fraction of sp³-hybridized carbons (Fsp3) is 0.611. The van der Waals surface area contributed by atoms with E-state index >= 15 is 0 Å². The Hall–Kier alpha value is -1.74. The molecule has 1 aromatic carbocycles. The van der Waals surface area contributed by atoms with Crippen molar-refractivity contribution in [3.63, 3.8) is 0 Å². The Morgan fingerprint density at radius 2 is 2.08 bits per heavy atom. The van der Waals surface area contributed by atoms with Crippen LogP contribution >= 0.6 is 0 Å². The van der Waals surface area contributed by atoms with Crippen LogP contribution in [0.5, 0.6) is 5.75 Å². The normalized spacial score (nSPS) is 21.2. The third-order valence-corrected chi connectivity index (χ3v) is 4.82. The van der Waals surface area contributed by atoms with Crippen molar-refractivity contribution in [2.24, 2.45) is 0 Å². The smallest absolute Gasteiger partial charge is 0.256 e. The molecule has 7 nitrogen and oxygen atoms in total. The van der Waals surface area contributed by atoms with Crippen molar-refractivity contribution in [3.05, 3.63) is 29.6 Å². The van der Waals surface area contributed by atoms with Gasteiger partial charge in [-0.3, -0.25) is 4.79 Å². The first-order chi connectivity index (χ1) is 12.3.